The van der Waals surface area contributed by atoms with E-state index < -0.39 is 0 Å². The van der Waals surface area contributed by atoms with Crippen LogP contribution in [-0.2, 0) is 13.1 Å². The van der Waals surface area contributed by atoms with E-state index >= 15 is 0 Å². The van der Waals surface area contributed by atoms with Gasteiger partial charge in [0.2, 0.25) is 0 Å². The molecule has 4 nitrogen and oxygen atoms in total. The molecule has 2 aromatic carbocycles. The fraction of sp³-hybridized carbons (Fsp3) is 0.188. The summed E-state index contributed by atoms with van der Waals surface area (Å²) >= 11 is 0. The summed E-state index contributed by atoms with van der Waals surface area (Å²) < 4.78 is 0. The first-order valence-corrected chi connectivity index (χ1v) is 6.44. The molecule has 4 N–H and O–H groups in total. The van der Waals surface area contributed by atoms with Gasteiger partial charge in [-0.1, -0.05) is 30.3 Å². The minimum atomic E-state index is 0.0856. The predicted octanol–water partition coefficient (Wildman–Crippen LogP) is 2.31. The summed E-state index contributed by atoms with van der Waals surface area (Å²) in [5, 5.41) is 16.9. The Kier molecular flexibility index (Phi) is 4.38. The molecule has 0 spiro atoms. The number of hydrogen-bond donors (Lipinski definition) is 3. The van der Waals surface area contributed by atoms with Crippen LogP contribution in [0.5, 0.6) is 5.75 Å². The van der Waals surface area contributed by atoms with Gasteiger partial charge in [-0.15, -0.1) is 0 Å². The van der Waals surface area contributed by atoms with E-state index in [0.717, 1.165) is 29.8 Å². The molecule has 2 rings (SSSR count). The van der Waals surface area contributed by atoms with Gasteiger partial charge in [-0.25, -0.2) is 0 Å². The lowest BCUT2D eigenvalue weighted by Gasteiger charge is -2.17. The fourth-order valence-corrected chi connectivity index (χ4v) is 2.17. The lowest BCUT2D eigenvalue weighted by Crippen LogP contribution is -2.18. The third-order valence-electron chi connectivity index (χ3n) is 3.05. The molecular formula is C16H19N3O. The summed E-state index contributed by atoms with van der Waals surface area (Å²) in [4.78, 5) is 2.15. The number of rotatable bonds is 5. The van der Waals surface area contributed by atoms with E-state index in [9.17, 15) is 5.11 Å². The smallest absolute Gasteiger partial charge is 0.122 e. The van der Waals surface area contributed by atoms with Gasteiger partial charge in [-0.05, 0) is 36.4 Å². The minimum Gasteiger partial charge on any atom is -0.508 e. The van der Waals surface area contributed by atoms with E-state index in [-0.39, 0.29) is 11.6 Å². The van der Waals surface area contributed by atoms with Gasteiger partial charge < -0.3 is 10.8 Å². The Bertz CT molecular complexity index is 610. The quantitative estimate of drug-likeness (QED) is 0.576. The summed E-state index contributed by atoms with van der Waals surface area (Å²) in [6.45, 7) is 1.51. The third-order valence-corrected chi connectivity index (χ3v) is 3.05. The van der Waals surface area contributed by atoms with Gasteiger partial charge in [0.1, 0.15) is 11.6 Å². The highest BCUT2D eigenvalue weighted by Gasteiger charge is 2.04. The Hall–Kier alpha value is -2.33. The second-order valence-electron chi connectivity index (χ2n) is 4.96. The maximum atomic E-state index is 9.46. The number of hydrogen-bond acceptors (Lipinski definition) is 3. The normalized spacial score (nSPS) is 10.7. The molecule has 0 atom stereocenters. The topological polar surface area (TPSA) is 73.3 Å². The van der Waals surface area contributed by atoms with Gasteiger partial charge in [0.25, 0.3) is 0 Å². The highest BCUT2D eigenvalue weighted by molar-refractivity contribution is 5.95. The van der Waals surface area contributed by atoms with Gasteiger partial charge in [0.05, 0.1) is 0 Å². The number of aromatic hydroxyl groups is 1. The summed E-state index contributed by atoms with van der Waals surface area (Å²) in [5.41, 5.74) is 8.42. The summed E-state index contributed by atoms with van der Waals surface area (Å²) in [6, 6.07) is 15.0. The van der Waals surface area contributed by atoms with Gasteiger partial charge in [-0.2, -0.15) is 0 Å². The van der Waals surface area contributed by atoms with E-state index in [1.54, 1.807) is 12.1 Å². The number of nitrogens with zero attached hydrogens (tertiary/aromatic N) is 1. The van der Waals surface area contributed by atoms with Crippen LogP contribution in [-0.4, -0.2) is 22.9 Å². The number of phenolic OH excluding ortho intramolecular Hbond substituents is 1. The molecule has 0 aliphatic rings. The van der Waals surface area contributed by atoms with Gasteiger partial charge in [0, 0.05) is 18.7 Å². The van der Waals surface area contributed by atoms with Crippen molar-refractivity contribution in [2.75, 3.05) is 7.05 Å². The molecule has 0 saturated carbocycles. The van der Waals surface area contributed by atoms with Crippen LogP contribution in [0.4, 0.5) is 0 Å². The van der Waals surface area contributed by atoms with Crippen molar-refractivity contribution in [3.63, 3.8) is 0 Å². The second-order valence-corrected chi connectivity index (χ2v) is 4.96. The Balaban J connectivity index is 2.02. The standard InChI is InChI=1S/C16H19N3O/c1-19(11-13-5-3-7-15(20)9-13)10-12-4-2-6-14(8-12)16(17)18/h2-9,20H,10-11H2,1H3,(H3,17,18). The molecule has 20 heavy (non-hydrogen) atoms. The monoisotopic (exact) mass is 269 g/mol. The zero-order chi connectivity index (χ0) is 14.5. The molecule has 0 aliphatic carbocycles. The molecule has 0 aliphatic heterocycles. The van der Waals surface area contributed by atoms with Crippen LogP contribution in [0.1, 0.15) is 16.7 Å². The number of benzene rings is 2. The lowest BCUT2D eigenvalue weighted by atomic mass is 10.1. The summed E-state index contributed by atoms with van der Waals surface area (Å²) in [6.07, 6.45) is 0. The van der Waals surface area contributed by atoms with Crippen molar-refractivity contribution in [2.45, 2.75) is 13.1 Å². The van der Waals surface area contributed by atoms with Crippen LogP contribution in [0.3, 0.4) is 0 Å². The van der Waals surface area contributed by atoms with Crippen LogP contribution in [0.2, 0.25) is 0 Å². The van der Waals surface area contributed by atoms with E-state index in [0.29, 0.717) is 0 Å². The Morgan fingerprint density at radius 3 is 2.30 bits per heavy atom. The highest BCUT2D eigenvalue weighted by Crippen LogP contribution is 2.14. The fourth-order valence-electron chi connectivity index (χ4n) is 2.17. The van der Waals surface area contributed by atoms with Gasteiger partial charge in [-0.3, -0.25) is 10.3 Å². The largest absolute Gasteiger partial charge is 0.508 e. The molecule has 0 aromatic heterocycles. The van der Waals surface area contributed by atoms with Crippen molar-refractivity contribution >= 4 is 5.84 Å². The third kappa shape index (κ3) is 3.83. The number of nitrogens with two attached hydrogens (primary N) is 1. The maximum Gasteiger partial charge on any atom is 0.122 e. The van der Waals surface area contributed by atoms with E-state index in [2.05, 4.69) is 4.90 Å². The molecular weight excluding hydrogens is 250 g/mol. The Morgan fingerprint density at radius 1 is 1.10 bits per heavy atom. The summed E-state index contributed by atoms with van der Waals surface area (Å²) in [5.74, 6) is 0.372. The minimum absolute atomic E-state index is 0.0856. The molecule has 0 radical (unpaired) electrons. The van der Waals surface area contributed by atoms with Crippen molar-refractivity contribution in [1.29, 1.82) is 5.41 Å². The van der Waals surface area contributed by atoms with Crippen LogP contribution < -0.4 is 5.73 Å². The van der Waals surface area contributed by atoms with Crippen molar-refractivity contribution in [1.82, 2.24) is 4.90 Å². The Morgan fingerprint density at radius 2 is 1.70 bits per heavy atom. The molecule has 0 bridgehead atoms. The van der Waals surface area contributed by atoms with Gasteiger partial charge in [0.15, 0.2) is 0 Å². The zero-order valence-electron chi connectivity index (χ0n) is 11.5. The lowest BCUT2D eigenvalue weighted by molar-refractivity contribution is 0.318. The predicted molar refractivity (Wildman–Crippen MR) is 80.7 cm³/mol. The molecule has 104 valence electrons. The SMILES string of the molecule is CN(Cc1cccc(O)c1)Cc1cccc(C(=N)N)c1. The van der Waals surface area contributed by atoms with E-state index in [1.807, 2.05) is 43.4 Å². The first-order valence-electron chi connectivity index (χ1n) is 6.44. The highest BCUT2D eigenvalue weighted by atomic mass is 16.3. The summed E-state index contributed by atoms with van der Waals surface area (Å²) in [7, 11) is 2.02. The number of nitrogens with one attached hydrogen (secondary N) is 1. The van der Waals surface area contributed by atoms with Gasteiger partial charge >= 0.3 is 0 Å². The zero-order valence-corrected chi connectivity index (χ0v) is 11.5. The molecule has 4 heteroatoms. The number of phenols is 1. The Labute approximate surface area is 119 Å². The van der Waals surface area contributed by atoms with Crippen molar-refractivity contribution in [3.05, 3.63) is 65.2 Å². The molecule has 0 amide bonds. The average Bonchev–Trinajstić information content (AvgIpc) is 2.38. The van der Waals surface area contributed by atoms with E-state index in [4.69, 9.17) is 11.1 Å². The molecule has 2 aromatic rings. The van der Waals surface area contributed by atoms with Crippen molar-refractivity contribution in [3.8, 4) is 5.75 Å². The average molecular weight is 269 g/mol. The molecule has 0 saturated heterocycles. The second kappa shape index (κ2) is 6.21. The van der Waals surface area contributed by atoms with Crippen LogP contribution in [0.25, 0.3) is 0 Å². The van der Waals surface area contributed by atoms with Crippen molar-refractivity contribution in [2.24, 2.45) is 5.73 Å². The molecule has 0 unspecified atom stereocenters. The number of amidine groups is 1. The first kappa shape index (κ1) is 14.1. The molecule has 0 heterocycles. The van der Waals surface area contributed by atoms with Crippen LogP contribution in [0.15, 0.2) is 48.5 Å². The van der Waals surface area contributed by atoms with Crippen molar-refractivity contribution < 1.29 is 5.11 Å². The van der Waals surface area contributed by atoms with Crippen LogP contribution >= 0.6 is 0 Å². The van der Waals surface area contributed by atoms with E-state index in [1.165, 1.54) is 0 Å². The van der Waals surface area contributed by atoms with Crippen LogP contribution in [0, 0.1) is 5.41 Å². The molecule has 0 fully saturated rings. The maximum absolute atomic E-state index is 9.46. The first-order chi connectivity index (χ1) is 9.54. The number of nitrogen functional groups attached to an aromatic ring is 1.